The second kappa shape index (κ2) is 14.1. The molecule has 0 heterocycles. The van der Waals surface area contributed by atoms with Crippen molar-refractivity contribution in [2.75, 3.05) is 32.3 Å². The van der Waals surface area contributed by atoms with E-state index in [0.717, 1.165) is 13.0 Å². The summed E-state index contributed by atoms with van der Waals surface area (Å²) in [5, 5.41) is 9.27. The minimum atomic E-state index is -0.608. The third-order valence-corrected chi connectivity index (χ3v) is 3.22. The quantitative estimate of drug-likeness (QED) is 0.396. The van der Waals surface area contributed by atoms with Gasteiger partial charge in [-0.15, -0.1) is 11.6 Å². The Bertz CT molecular complexity index is 204. The zero-order chi connectivity index (χ0) is 15.2. The van der Waals surface area contributed by atoms with E-state index in [9.17, 15) is 5.11 Å². The number of halogens is 1. The highest BCUT2D eigenvalue weighted by atomic mass is 35.5. The van der Waals surface area contributed by atoms with Crippen LogP contribution in [0.25, 0.3) is 0 Å². The van der Waals surface area contributed by atoms with Gasteiger partial charge in [-0.3, -0.25) is 0 Å². The van der Waals surface area contributed by atoms with Crippen molar-refractivity contribution < 1.29 is 19.3 Å². The maximum Gasteiger partial charge on any atom is 0.0908 e. The summed E-state index contributed by atoms with van der Waals surface area (Å²) in [6.45, 7) is 8.27. The van der Waals surface area contributed by atoms with Gasteiger partial charge in [-0.05, 0) is 20.3 Å². The lowest BCUT2D eigenvalue weighted by Gasteiger charge is -2.18. The normalized spacial score (nSPS) is 16.1. The topological polar surface area (TPSA) is 47.9 Å². The lowest BCUT2D eigenvalue weighted by Crippen LogP contribution is -2.27. The third kappa shape index (κ3) is 13.1. The molecule has 0 aromatic heterocycles. The SMILES string of the molecule is CCCCCCOCC(C)OCC(C)OCC(O)CCl. The number of aliphatic hydroxyl groups excluding tert-OH is 1. The van der Waals surface area contributed by atoms with Crippen LogP contribution in [0.15, 0.2) is 0 Å². The van der Waals surface area contributed by atoms with E-state index in [0.29, 0.717) is 13.2 Å². The molecule has 0 bridgehead atoms. The predicted molar refractivity (Wildman–Crippen MR) is 82.5 cm³/mol. The molecule has 0 radical (unpaired) electrons. The Hall–Kier alpha value is 0.130. The monoisotopic (exact) mass is 310 g/mol. The summed E-state index contributed by atoms with van der Waals surface area (Å²) in [7, 11) is 0. The molecule has 0 rings (SSSR count). The van der Waals surface area contributed by atoms with Crippen molar-refractivity contribution in [3.8, 4) is 0 Å². The molecule has 0 spiro atoms. The Morgan fingerprint density at radius 1 is 0.950 bits per heavy atom. The summed E-state index contributed by atoms with van der Waals surface area (Å²) >= 11 is 5.49. The van der Waals surface area contributed by atoms with Crippen molar-refractivity contribution in [1.29, 1.82) is 0 Å². The Morgan fingerprint density at radius 2 is 1.60 bits per heavy atom. The van der Waals surface area contributed by atoms with Gasteiger partial charge in [0.05, 0.1) is 44.0 Å². The van der Waals surface area contributed by atoms with Crippen molar-refractivity contribution in [3.05, 3.63) is 0 Å². The Labute approximate surface area is 128 Å². The van der Waals surface area contributed by atoms with E-state index in [-0.39, 0.29) is 24.7 Å². The summed E-state index contributed by atoms with van der Waals surface area (Å²) in [6.07, 6.45) is 4.28. The average molecular weight is 311 g/mol. The number of rotatable bonds is 14. The predicted octanol–water partition coefficient (Wildman–Crippen LogP) is 2.99. The summed E-state index contributed by atoms with van der Waals surface area (Å²) < 4.78 is 16.6. The first-order valence-electron chi connectivity index (χ1n) is 7.65. The Kier molecular flexibility index (Phi) is 14.2. The number of hydrogen-bond acceptors (Lipinski definition) is 4. The molecular formula is C15H31ClO4. The summed E-state index contributed by atoms with van der Waals surface area (Å²) in [5.74, 6) is 0.190. The minimum Gasteiger partial charge on any atom is -0.389 e. The lowest BCUT2D eigenvalue weighted by molar-refractivity contribution is -0.0698. The van der Waals surface area contributed by atoms with Crippen molar-refractivity contribution >= 4 is 11.6 Å². The van der Waals surface area contributed by atoms with Gasteiger partial charge < -0.3 is 19.3 Å². The largest absolute Gasteiger partial charge is 0.389 e. The molecule has 0 saturated carbocycles. The van der Waals surface area contributed by atoms with Gasteiger partial charge in [-0.2, -0.15) is 0 Å². The lowest BCUT2D eigenvalue weighted by atomic mass is 10.2. The van der Waals surface area contributed by atoms with Crippen LogP contribution in [0.4, 0.5) is 0 Å². The molecule has 0 saturated heterocycles. The van der Waals surface area contributed by atoms with E-state index in [4.69, 9.17) is 25.8 Å². The summed E-state index contributed by atoms with van der Waals surface area (Å²) in [5.41, 5.74) is 0. The van der Waals surface area contributed by atoms with E-state index in [1.165, 1.54) is 19.3 Å². The van der Waals surface area contributed by atoms with Gasteiger partial charge >= 0.3 is 0 Å². The van der Waals surface area contributed by atoms with E-state index in [1.54, 1.807) is 0 Å². The average Bonchev–Trinajstić information content (AvgIpc) is 2.46. The van der Waals surface area contributed by atoms with Crippen molar-refractivity contribution in [1.82, 2.24) is 0 Å². The van der Waals surface area contributed by atoms with Crippen LogP contribution in [0.3, 0.4) is 0 Å². The van der Waals surface area contributed by atoms with Crippen LogP contribution < -0.4 is 0 Å². The number of unbranched alkanes of at least 4 members (excludes halogenated alkanes) is 3. The highest BCUT2D eigenvalue weighted by molar-refractivity contribution is 6.18. The van der Waals surface area contributed by atoms with E-state index >= 15 is 0 Å². The Morgan fingerprint density at radius 3 is 2.25 bits per heavy atom. The molecule has 3 atom stereocenters. The second-order valence-corrected chi connectivity index (χ2v) is 5.54. The first kappa shape index (κ1) is 20.1. The van der Waals surface area contributed by atoms with Crippen LogP contribution >= 0.6 is 11.6 Å². The van der Waals surface area contributed by atoms with Crippen LogP contribution in [0, 0.1) is 0 Å². The number of aliphatic hydroxyl groups is 1. The molecule has 0 aliphatic carbocycles. The summed E-state index contributed by atoms with van der Waals surface area (Å²) in [6, 6.07) is 0. The van der Waals surface area contributed by atoms with Crippen LogP contribution in [-0.2, 0) is 14.2 Å². The zero-order valence-electron chi connectivity index (χ0n) is 13.1. The van der Waals surface area contributed by atoms with E-state index < -0.39 is 6.10 Å². The van der Waals surface area contributed by atoms with Crippen molar-refractivity contribution in [2.45, 2.75) is 64.8 Å². The van der Waals surface area contributed by atoms with Crippen LogP contribution in [-0.4, -0.2) is 55.7 Å². The second-order valence-electron chi connectivity index (χ2n) is 5.23. The molecule has 3 unspecified atom stereocenters. The van der Waals surface area contributed by atoms with Crippen LogP contribution in [0.1, 0.15) is 46.5 Å². The standard InChI is InChI=1S/C15H31ClO4/c1-4-5-6-7-8-18-10-13(2)19-11-14(3)20-12-15(17)9-16/h13-15,17H,4-12H2,1-3H3. The van der Waals surface area contributed by atoms with Crippen molar-refractivity contribution in [3.63, 3.8) is 0 Å². The van der Waals surface area contributed by atoms with Gasteiger partial charge in [0.2, 0.25) is 0 Å². The zero-order valence-corrected chi connectivity index (χ0v) is 13.9. The fourth-order valence-corrected chi connectivity index (χ4v) is 1.69. The van der Waals surface area contributed by atoms with E-state index in [1.807, 2.05) is 13.8 Å². The van der Waals surface area contributed by atoms with Crippen LogP contribution in [0.2, 0.25) is 0 Å². The molecule has 0 aromatic carbocycles. The minimum absolute atomic E-state index is 0.0557. The molecule has 0 aliphatic rings. The van der Waals surface area contributed by atoms with Gasteiger partial charge in [-0.1, -0.05) is 26.2 Å². The number of hydrogen-bond donors (Lipinski definition) is 1. The van der Waals surface area contributed by atoms with Gasteiger partial charge in [0.25, 0.3) is 0 Å². The molecule has 20 heavy (non-hydrogen) atoms. The Balaban J connectivity index is 3.40. The molecule has 122 valence electrons. The summed E-state index contributed by atoms with van der Waals surface area (Å²) in [4.78, 5) is 0. The maximum absolute atomic E-state index is 9.27. The smallest absolute Gasteiger partial charge is 0.0908 e. The molecule has 4 nitrogen and oxygen atoms in total. The number of ether oxygens (including phenoxy) is 3. The van der Waals surface area contributed by atoms with Gasteiger partial charge in [0.1, 0.15) is 0 Å². The highest BCUT2D eigenvalue weighted by Crippen LogP contribution is 2.02. The molecule has 0 aromatic rings. The fraction of sp³-hybridized carbons (Fsp3) is 1.00. The van der Waals surface area contributed by atoms with E-state index in [2.05, 4.69) is 6.92 Å². The molecule has 0 amide bonds. The highest BCUT2D eigenvalue weighted by Gasteiger charge is 2.09. The van der Waals surface area contributed by atoms with Crippen LogP contribution in [0.5, 0.6) is 0 Å². The first-order chi connectivity index (χ1) is 9.60. The molecule has 0 aliphatic heterocycles. The molecular weight excluding hydrogens is 280 g/mol. The fourth-order valence-electron chi connectivity index (χ4n) is 1.60. The molecule has 5 heteroatoms. The van der Waals surface area contributed by atoms with Gasteiger partial charge in [-0.25, -0.2) is 0 Å². The molecule has 0 fully saturated rings. The number of alkyl halides is 1. The first-order valence-corrected chi connectivity index (χ1v) is 8.18. The molecule has 1 N–H and O–H groups in total. The third-order valence-electron chi connectivity index (χ3n) is 2.86. The maximum atomic E-state index is 9.27. The van der Waals surface area contributed by atoms with Gasteiger partial charge in [0.15, 0.2) is 0 Å². The van der Waals surface area contributed by atoms with Gasteiger partial charge in [0, 0.05) is 6.61 Å². The van der Waals surface area contributed by atoms with Crippen molar-refractivity contribution in [2.24, 2.45) is 0 Å².